The molecule has 0 bridgehead atoms. The second-order valence-corrected chi connectivity index (χ2v) is 6.25. The Kier molecular flexibility index (Phi) is 4.49. The van der Waals surface area contributed by atoms with Crippen molar-refractivity contribution < 1.29 is 9.50 Å². The van der Waals surface area contributed by atoms with Crippen LogP contribution in [0.25, 0.3) is 0 Å². The Morgan fingerprint density at radius 2 is 2.11 bits per heavy atom. The normalized spacial score (nSPS) is 29.2. The van der Waals surface area contributed by atoms with Crippen molar-refractivity contribution in [2.45, 2.75) is 38.7 Å². The molecular weight excluding hydrogens is 265 g/mol. The molecule has 1 fully saturated rings. The molecule has 2 nitrogen and oxygen atoms in total. The smallest absolute Gasteiger partial charge is 0.129 e. The van der Waals surface area contributed by atoms with Gasteiger partial charge in [-0.1, -0.05) is 31.4 Å². The quantitative estimate of drug-likeness (QED) is 0.890. The van der Waals surface area contributed by atoms with Crippen LogP contribution in [-0.2, 0) is 0 Å². The minimum absolute atomic E-state index is 0.271. The van der Waals surface area contributed by atoms with Crippen LogP contribution < -0.4 is 5.73 Å². The molecule has 0 radical (unpaired) electrons. The van der Waals surface area contributed by atoms with Gasteiger partial charge in [0.2, 0.25) is 0 Å². The van der Waals surface area contributed by atoms with E-state index in [0.717, 1.165) is 25.7 Å². The van der Waals surface area contributed by atoms with Crippen molar-refractivity contribution in [1.29, 1.82) is 0 Å². The van der Waals surface area contributed by atoms with Crippen LogP contribution in [0, 0.1) is 17.2 Å². The van der Waals surface area contributed by atoms with Crippen LogP contribution in [0.1, 0.15) is 44.3 Å². The van der Waals surface area contributed by atoms with Gasteiger partial charge in [0.25, 0.3) is 0 Å². The molecule has 1 unspecified atom stereocenters. The highest BCUT2D eigenvalue weighted by atomic mass is 35.5. The second kappa shape index (κ2) is 5.78. The van der Waals surface area contributed by atoms with Gasteiger partial charge in [-0.25, -0.2) is 4.39 Å². The first kappa shape index (κ1) is 14.8. The first-order valence-corrected chi connectivity index (χ1v) is 7.19. The molecule has 3 N–H and O–H groups in total. The third-order valence-electron chi connectivity index (χ3n) is 4.51. The van der Waals surface area contributed by atoms with Crippen molar-refractivity contribution in [1.82, 2.24) is 0 Å². The summed E-state index contributed by atoms with van der Waals surface area (Å²) in [6, 6.07) is 4.30. The molecule has 2 rings (SSSR count). The second-order valence-electron chi connectivity index (χ2n) is 5.82. The highest BCUT2D eigenvalue weighted by Gasteiger charge is 2.41. The van der Waals surface area contributed by atoms with E-state index in [4.69, 9.17) is 17.3 Å². The van der Waals surface area contributed by atoms with Gasteiger partial charge in [0.05, 0.1) is 6.10 Å². The SMILES string of the molecule is CC1CCC(CN)(C(O)c2cc(Cl)ccc2F)CC1. The van der Waals surface area contributed by atoms with E-state index in [1.807, 2.05) is 0 Å². The van der Waals surface area contributed by atoms with Gasteiger partial charge < -0.3 is 10.8 Å². The predicted molar refractivity (Wildman–Crippen MR) is 75.5 cm³/mol. The third kappa shape index (κ3) is 2.93. The standard InChI is InChI=1S/C15H21ClFNO/c1-10-4-6-15(9-18,7-5-10)14(19)12-8-11(16)2-3-13(12)17/h2-3,8,10,14,19H,4-7,9,18H2,1H3. The fraction of sp³-hybridized carbons (Fsp3) is 0.600. The Morgan fingerprint density at radius 1 is 1.47 bits per heavy atom. The number of rotatable bonds is 3. The van der Waals surface area contributed by atoms with Gasteiger partial charge in [0, 0.05) is 22.5 Å². The molecule has 0 aliphatic heterocycles. The molecule has 1 aromatic carbocycles. The molecule has 1 aliphatic rings. The number of nitrogens with two attached hydrogens (primary N) is 1. The minimum Gasteiger partial charge on any atom is -0.388 e. The molecule has 0 saturated heterocycles. The number of aliphatic hydroxyl groups is 1. The van der Waals surface area contributed by atoms with Crippen molar-refractivity contribution in [3.05, 3.63) is 34.6 Å². The minimum atomic E-state index is -0.885. The largest absolute Gasteiger partial charge is 0.388 e. The summed E-state index contributed by atoms with van der Waals surface area (Å²) in [7, 11) is 0. The predicted octanol–water partition coefficient (Wildman–Crippen LogP) is 3.67. The van der Waals surface area contributed by atoms with Gasteiger partial charge in [-0.3, -0.25) is 0 Å². The molecule has 0 heterocycles. The lowest BCUT2D eigenvalue weighted by Crippen LogP contribution is -2.40. The monoisotopic (exact) mass is 285 g/mol. The van der Waals surface area contributed by atoms with E-state index < -0.39 is 17.3 Å². The number of hydrogen-bond donors (Lipinski definition) is 2. The number of hydrogen-bond acceptors (Lipinski definition) is 2. The van der Waals surface area contributed by atoms with Crippen LogP contribution in [0.3, 0.4) is 0 Å². The molecule has 106 valence electrons. The van der Waals surface area contributed by atoms with Crippen LogP contribution >= 0.6 is 11.6 Å². The van der Waals surface area contributed by atoms with Crippen LogP contribution in [0.5, 0.6) is 0 Å². The molecule has 19 heavy (non-hydrogen) atoms. The molecule has 1 aliphatic carbocycles. The average molecular weight is 286 g/mol. The first-order valence-electron chi connectivity index (χ1n) is 6.81. The highest BCUT2D eigenvalue weighted by molar-refractivity contribution is 6.30. The molecular formula is C15H21ClFNO. The average Bonchev–Trinajstić information content (AvgIpc) is 2.42. The van der Waals surface area contributed by atoms with E-state index in [2.05, 4.69) is 6.92 Å². The Balaban J connectivity index is 2.30. The summed E-state index contributed by atoms with van der Waals surface area (Å²) in [6.07, 6.45) is 2.83. The Morgan fingerprint density at radius 3 is 2.68 bits per heavy atom. The van der Waals surface area contributed by atoms with Crippen molar-refractivity contribution >= 4 is 11.6 Å². The molecule has 1 saturated carbocycles. The maximum absolute atomic E-state index is 13.9. The molecule has 0 amide bonds. The van der Waals surface area contributed by atoms with Gasteiger partial charge >= 0.3 is 0 Å². The Bertz CT molecular complexity index is 444. The van der Waals surface area contributed by atoms with Crippen LogP contribution in [0.2, 0.25) is 5.02 Å². The zero-order valence-electron chi connectivity index (χ0n) is 11.2. The number of aliphatic hydroxyl groups excluding tert-OH is 1. The maximum atomic E-state index is 13.9. The summed E-state index contributed by atoms with van der Waals surface area (Å²) in [5, 5.41) is 11.0. The first-order chi connectivity index (χ1) is 8.98. The Hall–Kier alpha value is -0.640. The number of benzene rings is 1. The lowest BCUT2D eigenvalue weighted by Gasteiger charge is -2.42. The van der Waals surface area contributed by atoms with E-state index in [0.29, 0.717) is 17.5 Å². The van der Waals surface area contributed by atoms with Gasteiger partial charge in [0.1, 0.15) is 5.82 Å². The fourth-order valence-electron chi connectivity index (χ4n) is 2.98. The van der Waals surface area contributed by atoms with Crippen molar-refractivity contribution in [2.24, 2.45) is 17.1 Å². The summed E-state index contributed by atoms with van der Waals surface area (Å²) < 4.78 is 13.9. The lowest BCUT2D eigenvalue weighted by atomic mass is 9.66. The molecule has 4 heteroatoms. The van der Waals surface area contributed by atoms with Crippen molar-refractivity contribution in [3.63, 3.8) is 0 Å². The van der Waals surface area contributed by atoms with E-state index in [-0.39, 0.29) is 5.56 Å². The van der Waals surface area contributed by atoms with Crippen molar-refractivity contribution in [3.8, 4) is 0 Å². The van der Waals surface area contributed by atoms with Gasteiger partial charge in [-0.15, -0.1) is 0 Å². The topological polar surface area (TPSA) is 46.2 Å². The number of halogens is 2. The van der Waals surface area contributed by atoms with E-state index in [1.165, 1.54) is 18.2 Å². The summed E-state index contributed by atoms with van der Waals surface area (Å²) in [6.45, 7) is 2.57. The summed E-state index contributed by atoms with van der Waals surface area (Å²) in [4.78, 5) is 0. The van der Waals surface area contributed by atoms with Crippen molar-refractivity contribution in [2.75, 3.05) is 6.54 Å². The van der Waals surface area contributed by atoms with E-state index in [9.17, 15) is 9.50 Å². The van der Waals surface area contributed by atoms with Gasteiger partial charge in [-0.2, -0.15) is 0 Å². The summed E-state index contributed by atoms with van der Waals surface area (Å²) >= 11 is 5.90. The van der Waals surface area contributed by atoms with Crippen LogP contribution in [-0.4, -0.2) is 11.7 Å². The van der Waals surface area contributed by atoms with Crippen LogP contribution in [0.4, 0.5) is 4.39 Å². The third-order valence-corrected chi connectivity index (χ3v) is 4.74. The van der Waals surface area contributed by atoms with Crippen LogP contribution in [0.15, 0.2) is 18.2 Å². The lowest BCUT2D eigenvalue weighted by molar-refractivity contribution is -0.0102. The zero-order valence-corrected chi connectivity index (χ0v) is 12.0. The molecule has 0 spiro atoms. The fourth-order valence-corrected chi connectivity index (χ4v) is 3.16. The van der Waals surface area contributed by atoms with Gasteiger partial charge in [0.15, 0.2) is 0 Å². The van der Waals surface area contributed by atoms with Gasteiger partial charge in [-0.05, 0) is 37.0 Å². The Labute approximate surface area is 118 Å². The zero-order chi connectivity index (χ0) is 14.0. The maximum Gasteiger partial charge on any atom is 0.129 e. The summed E-state index contributed by atoms with van der Waals surface area (Å²) in [5.74, 6) is 0.236. The van der Waals surface area contributed by atoms with E-state index >= 15 is 0 Å². The van der Waals surface area contributed by atoms with E-state index in [1.54, 1.807) is 0 Å². The molecule has 1 atom stereocenters. The molecule has 0 aromatic heterocycles. The molecule has 1 aromatic rings. The highest BCUT2D eigenvalue weighted by Crippen LogP contribution is 2.47. The summed E-state index contributed by atoms with van der Waals surface area (Å²) in [5.41, 5.74) is 5.75.